The zero-order chi connectivity index (χ0) is 23.2. The SMILES string of the molecule is CC=Cc1sc(-c2c(C)nc(S(C)=O)nc2NC2CC(CO)C3OC(C)(C)OC23)nc1C. The highest BCUT2D eigenvalue weighted by Gasteiger charge is 2.54. The van der Waals surface area contributed by atoms with Crippen LogP contribution >= 0.6 is 11.3 Å². The first-order valence-electron chi connectivity index (χ1n) is 10.7. The van der Waals surface area contributed by atoms with E-state index < -0.39 is 16.6 Å². The van der Waals surface area contributed by atoms with Gasteiger partial charge in [-0.2, -0.15) is 0 Å². The minimum Gasteiger partial charge on any atom is -0.396 e. The lowest BCUT2D eigenvalue weighted by atomic mass is 10.1. The van der Waals surface area contributed by atoms with Crippen LogP contribution in [0.5, 0.6) is 0 Å². The summed E-state index contributed by atoms with van der Waals surface area (Å²) in [5.41, 5.74) is 2.45. The molecule has 0 spiro atoms. The van der Waals surface area contributed by atoms with E-state index in [9.17, 15) is 9.32 Å². The summed E-state index contributed by atoms with van der Waals surface area (Å²) in [6, 6.07) is -0.124. The number of fused-ring (bicyclic) bond motifs is 1. The normalized spacial score (nSPS) is 27.7. The number of nitrogens with zero attached hydrogens (tertiary/aromatic N) is 3. The molecule has 2 aromatic rings. The van der Waals surface area contributed by atoms with Gasteiger partial charge in [-0.25, -0.2) is 15.0 Å². The molecule has 174 valence electrons. The number of hydrogen-bond acceptors (Lipinski definition) is 9. The number of aliphatic hydroxyl groups excluding tert-OH is 1. The van der Waals surface area contributed by atoms with Crippen LogP contribution in [0.15, 0.2) is 11.2 Å². The van der Waals surface area contributed by atoms with Crippen LogP contribution in [0.25, 0.3) is 16.6 Å². The van der Waals surface area contributed by atoms with Crippen LogP contribution in [-0.4, -0.2) is 61.2 Å². The second-order valence-corrected chi connectivity index (χ2v) is 11.0. The maximum Gasteiger partial charge on any atom is 0.220 e. The Morgan fingerprint density at radius 3 is 2.59 bits per heavy atom. The lowest BCUT2D eigenvalue weighted by Crippen LogP contribution is -2.35. The first-order valence-corrected chi connectivity index (χ1v) is 13.1. The van der Waals surface area contributed by atoms with Crippen LogP contribution in [0.1, 0.15) is 43.5 Å². The highest BCUT2D eigenvalue weighted by Crippen LogP contribution is 2.43. The van der Waals surface area contributed by atoms with Gasteiger partial charge in [0.05, 0.1) is 44.8 Å². The molecule has 1 aliphatic carbocycles. The maximum atomic E-state index is 12.2. The molecule has 8 nitrogen and oxygen atoms in total. The van der Waals surface area contributed by atoms with Crippen LogP contribution < -0.4 is 5.32 Å². The van der Waals surface area contributed by atoms with E-state index >= 15 is 0 Å². The molecular formula is C22H30N4O4S2. The number of anilines is 1. The Morgan fingerprint density at radius 2 is 1.94 bits per heavy atom. The largest absolute Gasteiger partial charge is 0.396 e. The molecule has 5 atom stereocenters. The summed E-state index contributed by atoms with van der Waals surface area (Å²) in [6.07, 6.45) is 5.85. The Bertz CT molecular complexity index is 1070. The van der Waals surface area contributed by atoms with Crippen molar-refractivity contribution in [1.82, 2.24) is 15.0 Å². The average molecular weight is 479 g/mol. The number of hydrogen-bond donors (Lipinski definition) is 2. The Balaban J connectivity index is 1.76. The van der Waals surface area contributed by atoms with E-state index in [0.29, 0.717) is 17.9 Å². The van der Waals surface area contributed by atoms with Crippen LogP contribution in [0.2, 0.25) is 0 Å². The average Bonchev–Trinajstić information content (AvgIpc) is 3.33. The Kier molecular flexibility index (Phi) is 6.52. The topological polar surface area (TPSA) is 106 Å². The van der Waals surface area contributed by atoms with Gasteiger partial charge < -0.3 is 19.9 Å². The van der Waals surface area contributed by atoms with E-state index in [4.69, 9.17) is 14.5 Å². The molecule has 0 aromatic carbocycles. The minimum absolute atomic E-state index is 0.0249. The zero-order valence-corrected chi connectivity index (χ0v) is 20.8. The summed E-state index contributed by atoms with van der Waals surface area (Å²) >= 11 is 1.57. The van der Waals surface area contributed by atoms with Crippen LogP contribution in [-0.2, 0) is 20.3 Å². The fourth-order valence-corrected chi connectivity index (χ4v) is 6.06. The fraction of sp³-hybridized carbons (Fsp3) is 0.591. The smallest absolute Gasteiger partial charge is 0.220 e. The molecule has 2 fully saturated rings. The molecule has 2 aromatic heterocycles. The monoisotopic (exact) mass is 478 g/mol. The predicted octanol–water partition coefficient (Wildman–Crippen LogP) is 3.30. The quantitative estimate of drug-likeness (QED) is 0.609. The summed E-state index contributed by atoms with van der Waals surface area (Å²) in [6.45, 7) is 9.64. The number of ether oxygens (including phenoxy) is 2. The molecule has 1 aliphatic heterocycles. The van der Waals surface area contributed by atoms with Gasteiger partial charge in [-0.1, -0.05) is 6.08 Å². The van der Waals surface area contributed by atoms with Crippen LogP contribution in [0.4, 0.5) is 5.82 Å². The third kappa shape index (κ3) is 4.38. The zero-order valence-electron chi connectivity index (χ0n) is 19.2. The van der Waals surface area contributed by atoms with Gasteiger partial charge >= 0.3 is 0 Å². The van der Waals surface area contributed by atoms with Crippen molar-refractivity contribution in [3.05, 3.63) is 22.3 Å². The van der Waals surface area contributed by atoms with Gasteiger partial charge in [-0.15, -0.1) is 11.3 Å². The number of rotatable bonds is 6. The van der Waals surface area contributed by atoms with Gasteiger partial charge in [0.15, 0.2) is 5.79 Å². The summed E-state index contributed by atoms with van der Waals surface area (Å²) in [5, 5.41) is 14.5. The van der Waals surface area contributed by atoms with E-state index in [0.717, 1.165) is 21.1 Å². The lowest BCUT2D eigenvalue weighted by molar-refractivity contribution is -0.158. The first-order chi connectivity index (χ1) is 15.1. The van der Waals surface area contributed by atoms with Crippen molar-refractivity contribution < 1.29 is 18.8 Å². The Labute approximate surface area is 195 Å². The standard InChI is InChI=1S/C22H30N4O4S2/c1-7-8-15-11(2)23-20(31-15)16-12(3)24-21(32(6)28)26-19(16)25-14-9-13(10-27)17-18(14)30-22(4,5)29-17/h7-8,13-14,17-18,27H,9-10H2,1-6H3,(H,24,25,26). The molecule has 2 aliphatic rings. The molecule has 0 bridgehead atoms. The van der Waals surface area contributed by atoms with Crippen molar-refractivity contribution >= 4 is 34.0 Å². The van der Waals surface area contributed by atoms with Crippen molar-refractivity contribution in [3.63, 3.8) is 0 Å². The third-order valence-corrected chi connectivity index (χ3v) is 7.67. The number of aromatic nitrogens is 3. The maximum absolute atomic E-state index is 12.2. The molecule has 3 heterocycles. The summed E-state index contributed by atoms with van der Waals surface area (Å²) in [4.78, 5) is 15.0. The van der Waals surface area contributed by atoms with Gasteiger partial charge in [0.25, 0.3) is 0 Å². The second kappa shape index (κ2) is 8.90. The second-order valence-electron chi connectivity index (χ2n) is 8.73. The molecule has 5 unspecified atom stereocenters. The van der Waals surface area contributed by atoms with Gasteiger partial charge in [0.1, 0.15) is 16.9 Å². The van der Waals surface area contributed by atoms with Crippen LogP contribution in [0, 0.1) is 19.8 Å². The van der Waals surface area contributed by atoms with Crippen LogP contribution in [0.3, 0.4) is 0 Å². The summed E-state index contributed by atoms with van der Waals surface area (Å²) in [7, 11) is -1.33. The molecule has 32 heavy (non-hydrogen) atoms. The molecular weight excluding hydrogens is 448 g/mol. The van der Waals surface area contributed by atoms with E-state index in [-0.39, 0.29) is 35.9 Å². The number of nitrogens with one attached hydrogen (secondary N) is 1. The predicted molar refractivity (Wildman–Crippen MR) is 126 cm³/mol. The van der Waals surface area contributed by atoms with Gasteiger partial charge in [0, 0.05) is 18.8 Å². The molecule has 2 N–H and O–H groups in total. The summed E-state index contributed by atoms with van der Waals surface area (Å²) in [5.74, 6) is -0.162. The molecule has 1 saturated carbocycles. The number of allylic oxidation sites excluding steroid dienone is 1. The molecule has 0 amide bonds. The third-order valence-electron chi connectivity index (χ3n) is 5.83. The van der Waals surface area contributed by atoms with Crippen molar-refractivity contribution in [2.45, 2.75) is 70.2 Å². The molecule has 10 heteroatoms. The Morgan fingerprint density at radius 1 is 1.22 bits per heavy atom. The van der Waals surface area contributed by atoms with E-state index in [1.807, 2.05) is 46.8 Å². The first kappa shape index (κ1) is 23.4. The highest BCUT2D eigenvalue weighted by atomic mass is 32.2. The fourth-order valence-electron chi connectivity index (χ4n) is 4.44. The van der Waals surface area contributed by atoms with Gasteiger partial charge in [0.2, 0.25) is 5.16 Å². The highest BCUT2D eigenvalue weighted by molar-refractivity contribution is 7.84. The van der Waals surface area contributed by atoms with E-state index in [1.54, 1.807) is 17.6 Å². The molecule has 1 saturated heterocycles. The minimum atomic E-state index is -1.33. The molecule has 0 radical (unpaired) electrons. The van der Waals surface area contributed by atoms with E-state index in [2.05, 4.69) is 15.3 Å². The van der Waals surface area contributed by atoms with Gasteiger partial charge in [-0.05, 0) is 47.1 Å². The molecule has 4 rings (SSSR count). The van der Waals surface area contributed by atoms with E-state index in [1.165, 1.54) is 0 Å². The van der Waals surface area contributed by atoms with Gasteiger partial charge in [-0.3, -0.25) is 4.21 Å². The number of aryl methyl sites for hydroxylation is 2. The summed E-state index contributed by atoms with van der Waals surface area (Å²) < 4.78 is 24.4. The lowest BCUT2D eigenvalue weighted by Gasteiger charge is -2.24. The van der Waals surface area contributed by atoms with Crippen molar-refractivity contribution in [1.29, 1.82) is 0 Å². The van der Waals surface area contributed by atoms with Crippen molar-refractivity contribution in [2.75, 3.05) is 18.2 Å². The van der Waals surface area contributed by atoms with Crippen molar-refractivity contribution in [2.24, 2.45) is 5.92 Å². The number of aliphatic hydroxyl groups is 1. The van der Waals surface area contributed by atoms with Crippen molar-refractivity contribution in [3.8, 4) is 10.6 Å². The number of thiazole rings is 1. The Hall–Kier alpha value is -1.72.